The highest BCUT2D eigenvalue weighted by Crippen LogP contribution is 2.35. The first-order valence-corrected chi connectivity index (χ1v) is 7.79. The summed E-state index contributed by atoms with van der Waals surface area (Å²) < 4.78 is 5.54. The van der Waals surface area contributed by atoms with Crippen molar-refractivity contribution in [3.05, 3.63) is 33.9 Å². The van der Waals surface area contributed by atoms with Gasteiger partial charge in [0.2, 0.25) is 0 Å². The summed E-state index contributed by atoms with van der Waals surface area (Å²) in [5, 5.41) is 14.6. The van der Waals surface area contributed by atoms with Gasteiger partial charge in [0.05, 0.1) is 11.5 Å². The second-order valence-electron chi connectivity index (χ2n) is 5.61. The van der Waals surface area contributed by atoms with Crippen molar-refractivity contribution in [2.24, 2.45) is 5.92 Å². The normalized spacial score (nSPS) is 15.7. The molecule has 1 aromatic carbocycles. The van der Waals surface area contributed by atoms with Gasteiger partial charge in [-0.05, 0) is 49.8 Å². The predicted octanol–water partition coefficient (Wildman–Crippen LogP) is 3.31. The number of benzene rings is 1. The third kappa shape index (κ3) is 4.43. The van der Waals surface area contributed by atoms with E-state index in [9.17, 15) is 10.1 Å². The van der Waals surface area contributed by atoms with Crippen molar-refractivity contribution in [3.8, 4) is 5.75 Å². The van der Waals surface area contributed by atoms with Crippen LogP contribution in [0.25, 0.3) is 0 Å². The first kappa shape index (κ1) is 15.8. The van der Waals surface area contributed by atoms with Crippen molar-refractivity contribution in [3.63, 3.8) is 0 Å². The zero-order chi connectivity index (χ0) is 15.2. The zero-order valence-corrected chi connectivity index (χ0v) is 12.8. The van der Waals surface area contributed by atoms with E-state index in [1.54, 1.807) is 6.07 Å². The summed E-state index contributed by atoms with van der Waals surface area (Å²) in [5.74, 6) is 1.14. The Bertz CT molecular complexity index is 486. The van der Waals surface area contributed by atoms with E-state index in [2.05, 4.69) is 12.2 Å². The van der Waals surface area contributed by atoms with Crippen LogP contribution in [-0.4, -0.2) is 24.1 Å². The highest BCUT2D eigenvalue weighted by molar-refractivity contribution is 5.48. The molecular weight excluding hydrogens is 268 g/mol. The molecule has 2 rings (SSSR count). The Morgan fingerprint density at radius 3 is 2.76 bits per heavy atom. The number of likely N-dealkylation sites (N-methyl/N-ethyl adjacent to an activating group) is 1. The molecule has 0 spiro atoms. The summed E-state index contributed by atoms with van der Waals surface area (Å²) >= 11 is 0. The molecule has 0 saturated heterocycles. The van der Waals surface area contributed by atoms with Gasteiger partial charge in [0.1, 0.15) is 0 Å². The summed E-state index contributed by atoms with van der Waals surface area (Å²) in [6.45, 7) is 5.56. The van der Waals surface area contributed by atoms with Gasteiger partial charge < -0.3 is 10.1 Å². The van der Waals surface area contributed by atoms with Crippen LogP contribution in [0.3, 0.4) is 0 Å². The molecule has 0 aromatic heterocycles. The number of nitrogens with one attached hydrogen (secondary N) is 1. The molecule has 1 unspecified atom stereocenters. The molecule has 1 N–H and O–H groups in total. The number of rotatable bonds is 9. The van der Waals surface area contributed by atoms with Gasteiger partial charge >= 0.3 is 5.69 Å². The highest BCUT2D eigenvalue weighted by atomic mass is 16.6. The molecule has 1 aliphatic carbocycles. The van der Waals surface area contributed by atoms with Crippen molar-refractivity contribution >= 4 is 5.69 Å². The number of hydrogen-bond acceptors (Lipinski definition) is 4. The second kappa shape index (κ2) is 7.41. The van der Waals surface area contributed by atoms with Crippen LogP contribution in [-0.2, 0) is 6.42 Å². The molecule has 5 nitrogen and oxygen atoms in total. The van der Waals surface area contributed by atoms with E-state index in [4.69, 9.17) is 4.74 Å². The minimum absolute atomic E-state index is 0.0543. The molecule has 0 heterocycles. The topological polar surface area (TPSA) is 64.4 Å². The zero-order valence-electron chi connectivity index (χ0n) is 12.8. The van der Waals surface area contributed by atoms with Gasteiger partial charge in [0.25, 0.3) is 0 Å². The smallest absolute Gasteiger partial charge is 0.310 e. The van der Waals surface area contributed by atoms with Crippen LogP contribution >= 0.6 is 0 Å². The molecule has 1 aliphatic rings. The minimum atomic E-state index is -0.378. The molecule has 0 amide bonds. The maximum atomic E-state index is 11.1. The van der Waals surface area contributed by atoms with E-state index in [0.29, 0.717) is 18.4 Å². The molecule has 1 saturated carbocycles. The standard InChI is InChI=1S/C16H24N2O3/c1-3-9-21-16-11-12(5-8-15(16)18(19)20)10-14(17-4-2)13-6-7-13/h5,8,11,13-14,17H,3-4,6-7,9-10H2,1-2H3. The average Bonchev–Trinajstić information content (AvgIpc) is 3.29. The Kier molecular flexibility index (Phi) is 5.56. The number of hydrogen-bond donors (Lipinski definition) is 1. The first-order valence-electron chi connectivity index (χ1n) is 7.79. The van der Waals surface area contributed by atoms with Crippen molar-refractivity contribution in [1.82, 2.24) is 5.32 Å². The third-order valence-corrected chi connectivity index (χ3v) is 3.80. The summed E-state index contributed by atoms with van der Waals surface area (Å²) in [7, 11) is 0. The Balaban J connectivity index is 2.13. The molecule has 1 fully saturated rings. The number of nitro benzene ring substituents is 1. The lowest BCUT2D eigenvalue weighted by atomic mass is 10.0. The lowest BCUT2D eigenvalue weighted by Crippen LogP contribution is -2.32. The summed E-state index contributed by atoms with van der Waals surface area (Å²) in [6, 6.07) is 5.72. The van der Waals surface area contributed by atoms with E-state index in [1.165, 1.54) is 12.8 Å². The van der Waals surface area contributed by atoms with Crippen LogP contribution in [0.15, 0.2) is 18.2 Å². The Morgan fingerprint density at radius 2 is 2.19 bits per heavy atom. The van der Waals surface area contributed by atoms with Crippen molar-refractivity contribution < 1.29 is 9.66 Å². The predicted molar refractivity (Wildman–Crippen MR) is 82.8 cm³/mol. The molecule has 1 atom stereocenters. The largest absolute Gasteiger partial charge is 0.487 e. The van der Waals surface area contributed by atoms with Crippen LogP contribution < -0.4 is 10.1 Å². The Morgan fingerprint density at radius 1 is 1.43 bits per heavy atom. The van der Waals surface area contributed by atoms with Gasteiger partial charge in [-0.25, -0.2) is 0 Å². The van der Waals surface area contributed by atoms with E-state index < -0.39 is 0 Å². The maximum absolute atomic E-state index is 11.1. The number of nitrogens with zero attached hydrogens (tertiary/aromatic N) is 1. The van der Waals surface area contributed by atoms with Crippen molar-refractivity contribution in [2.75, 3.05) is 13.2 Å². The quantitative estimate of drug-likeness (QED) is 0.560. The van der Waals surface area contributed by atoms with E-state index in [0.717, 1.165) is 30.9 Å². The lowest BCUT2D eigenvalue weighted by Gasteiger charge is -2.17. The summed E-state index contributed by atoms with van der Waals surface area (Å²) in [5.41, 5.74) is 1.16. The van der Waals surface area contributed by atoms with Gasteiger partial charge in [-0.3, -0.25) is 10.1 Å². The fourth-order valence-corrected chi connectivity index (χ4v) is 2.58. The third-order valence-electron chi connectivity index (χ3n) is 3.80. The molecule has 0 bridgehead atoms. The monoisotopic (exact) mass is 292 g/mol. The van der Waals surface area contributed by atoms with Crippen molar-refractivity contribution in [1.29, 1.82) is 0 Å². The molecule has 0 aliphatic heterocycles. The van der Waals surface area contributed by atoms with Crippen molar-refractivity contribution in [2.45, 2.75) is 45.6 Å². The highest BCUT2D eigenvalue weighted by Gasteiger charge is 2.30. The van der Waals surface area contributed by atoms with Crippen LogP contribution in [0, 0.1) is 16.0 Å². The van der Waals surface area contributed by atoms with Crippen LogP contribution in [0.2, 0.25) is 0 Å². The molecule has 0 radical (unpaired) electrons. The minimum Gasteiger partial charge on any atom is -0.487 e. The fraction of sp³-hybridized carbons (Fsp3) is 0.625. The summed E-state index contributed by atoms with van der Waals surface area (Å²) in [6.07, 6.45) is 4.30. The van der Waals surface area contributed by atoms with Crippen LogP contribution in [0.5, 0.6) is 5.75 Å². The number of nitro groups is 1. The maximum Gasteiger partial charge on any atom is 0.310 e. The van der Waals surface area contributed by atoms with Gasteiger partial charge in [0.15, 0.2) is 5.75 Å². The van der Waals surface area contributed by atoms with Gasteiger partial charge in [0, 0.05) is 12.1 Å². The van der Waals surface area contributed by atoms with Crippen LogP contribution in [0.1, 0.15) is 38.7 Å². The van der Waals surface area contributed by atoms with E-state index >= 15 is 0 Å². The number of ether oxygens (including phenoxy) is 1. The Hall–Kier alpha value is -1.62. The van der Waals surface area contributed by atoms with Crippen LogP contribution in [0.4, 0.5) is 5.69 Å². The van der Waals surface area contributed by atoms with E-state index in [1.807, 2.05) is 19.1 Å². The molecule has 5 heteroatoms. The average molecular weight is 292 g/mol. The molecule has 1 aromatic rings. The first-order chi connectivity index (χ1) is 10.2. The lowest BCUT2D eigenvalue weighted by molar-refractivity contribution is -0.385. The molecular formula is C16H24N2O3. The van der Waals surface area contributed by atoms with Gasteiger partial charge in [-0.15, -0.1) is 0 Å². The van der Waals surface area contributed by atoms with Gasteiger partial charge in [-0.2, -0.15) is 0 Å². The van der Waals surface area contributed by atoms with E-state index in [-0.39, 0.29) is 10.6 Å². The molecule has 21 heavy (non-hydrogen) atoms. The van der Waals surface area contributed by atoms with Gasteiger partial charge in [-0.1, -0.05) is 19.9 Å². The SMILES string of the molecule is CCCOc1cc(CC(NCC)C2CC2)ccc1[N+](=O)[O-]. The summed E-state index contributed by atoms with van der Waals surface area (Å²) in [4.78, 5) is 10.7. The molecule has 116 valence electrons. The second-order valence-corrected chi connectivity index (χ2v) is 5.61. The Labute approximate surface area is 125 Å². The fourth-order valence-electron chi connectivity index (χ4n) is 2.58.